The minimum Gasteiger partial charge on any atom is -0.383 e. The number of nitro benzene ring substituents is 1. The van der Waals surface area contributed by atoms with Gasteiger partial charge in [0.25, 0.3) is 11.6 Å². The van der Waals surface area contributed by atoms with Crippen LogP contribution in [0, 0.1) is 10.1 Å². The zero-order valence-corrected chi connectivity index (χ0v) is 17.4. The van der Waals surface area contributed by atoms with Crippen LogP contribution in [0.2, 0.25) is 0 Å². The molecule has 4 N–H and O–H groups in total. The lowest BCUT2D eigenvalue weighted by molar-refractivity contribution is -0.385. The van der Waals surface area contributed by atoms with Crippen LogP contribution < -0.4 is 16.4 Å². The molecule has 2 aromatic carbocycles. The number of guanidine groups is 1. The van der Waals surface area contributed by atoms with Gasteiger partial charge < -0.3 is 16.4 Å². The minimum absolute atomic E-state index is 0.0755. The van der Waals surface area contributed by atoms with Crippen LogP contribution in [-0.2, 0) is 6.18 Å². The van der Waals surface area contributed by atoms with E-state index in [4.69, 9.17) is 11.5 Å². The summed E-state index contributed by atoms with van der Waals surface area (Å²) in [6.07, 6.45) is -1.56. The average Bonchev–Trinajstić information content (AvgIpc) is 2.78. The standard InChI is InChI=1S/C21H21F3N6O3/c22-21(23,24)14-6-4-5-13(11-14)18(25)27-20(26)28-19(31)16-12-15(7-8-17(16)30(32)33)29-9-2-1-3-10-29/h4-8,11-12H,1-3,9-10H2,(H4,25,26,27,28,31). The van der Waals surface area contributed by atoms with E-state index in [2.05, 4.69) is 9.98 Å². The van der Waals surface area contributed by atoms with E-state index >= 15 is 0 Å². The Morgan fingerprint density at radius 1 is 1.03 bits per heavy atom. The number of nitrogens with zero attached hydrogens (tertiary/aromatic N) is 4. The average molecular weight is 462 g/mol. The van der Waals surface area contributed by atoms with Crippen molar-refractivity contribution in [2.24, 2.45) is 21.5 Å². The van der Waals surface area contributed by atoms with Crippen molar-refractivity contribution in [2.45, 2.75) is 25.4 Å². The number of rotatable bonds is 4. The molecule has 0 aromatic heterocycles. The van der Waals surface area contributed by atoms with Gasteiger partial charge >= 0.3 is 6.18 Å². The number of carbonyl (C=O) groups excluding carboxylic acids is 1. The monoisotopic (exact) mass is 462 g/mol. The predicted octanol–water partition coefficient (Wildman–Crippen LogP) is 3.46. The molecule has 1 aliphatic heterocycles. The lowest BCUT2D eigenvalue weighted by Crippen LogP contribution is -2.29. The third-order valence-corrected chi connectivity index (χ3v) is 5.07. The Balaban J connectivity index is 1.90. The normalized spacial score (nSPS) is 15.4. The first-order chi connectivity index (χ1) is 15.6. The Hall–Kier alpha value is -3.96. The molecule has 1 saturated heterocycles. The molecular formula is C21H21F3N6O3. The predicted molar refractivity (Wildman–Crippen MR) is 117 cm³/mol. The van der Waals surface area contributed by atoms with E-state index in [0.29, 0.717) is 5.69 Å². The Bertz CT molecular complexity index is 1120. The second-order valence-electron chi connectivity index (χ2n) is 7.36. The van der Waals surface area contributed by atoms with E-state index in [9.17, 15) is 28.1 Å². The molecule has 0 saturated carbocycles. The highest BCUT2D eigenvalue weighted by molar-refractivity contribution is 6.10. The highest BCUT2D eigenvalue weighted by atomic mass is 19.4. The quantitative estimate of drug-likeness (QED) is 0.309. The summed E-state index contributed by atoms with van der Waals surface area (Å²) in [7, 11) is 0. The first kappa shape index (κ1) is 23.7. The number of anilines is 1. The maximum atomic E-state index is 12.9. The van der Waals surface area contributed by atoms with Crippen LogP contribution in [0.25, 0.3) is 0 Å². The summed E-state index contributed by atoms with van der Waals surface area (Å²) >= 11 is 0. The van der Waals surface area contributed by atoms with Crippen LogP contribution >= 0.6 is 0 Å². The number of hydrogen-bond acceptors (Lipinski definition) is 4. The van der Waals surface area contributed by atoms with Gasteiger partial charge in [-0.05, 0) is 43.5 Å². The van der Waals surface area contributed by atoms with Gasteiger partial charge in [0.15, 0.2) is 0 Å². The SMILES string of the molecule is NC(=NC(=O)c1cc(N2CCCCC2)ccc1[N+](=O)[O-])N=C(N)c1cccc(C(F)(F)F)c1. The lowest BCUT2D eigenvalue weighted by atomic mass is 10.1. The van der Waals surface area contributed by atoms with Gasteiger partial charge in [0.05, 0.1) is 10.5 Å². The molecule has 1 fully saturated rings. The van der Waals surface area contributed by atoms with Crippen molar-refractivity contribution < 1.29 is 22.9 Å². The molecule has 0 bridgehead atoms. The van der Waals surface area contributed by atoms with Crippen molar-refractivity contribution in [2.75, 3.05) is 18.0 Å². The largest absolute Gasteiger partial charge is 0.416 e. The third-order valence-electron chi connectivity index (χ3n) is 5.07. The third kappa shape index (κ3) is 5.84. The van der Waals surface area contributed by atoms with E-state index in [0.717, 1.165) is 50.6 Å². The number of nitrogens with two attached hydrogens (primary N) is 2. The fraction of sp³-hybridized carbons (Fsp3) is 0.286. The van der Waals surface area contributed by atoms with Gasteiger partial charge in [0.2, 0.25) is 5.96 Å². The maximum absolute atomic E-state index is 12.9. The molecule has 12 heteroatoms. The molecule has 0 radical (unpaired) electrons. The molecule has 0 aliphatic carbocycles. The summed E-state index contributed by atoms with van der Waals surface area (Å²) in [6.45, 7) is 1.52. The molecule has 174 valence electrons. The number of halogens is 3. The molecular weight excluding hydrogens is 441 g/mol. The number of amidine groups is 1. The number of amides is 1. The first-order valence-electron chi connectivity index (χ1n) is 10.00. The van der Waals surface area contributed by atoms with Crippen molar-refractivity contribution in [3.63, 3.8) is 0 Å². The maximum Gasteiger partial charge on any atom is 0.416 e. The molecule has 0 atom stereocenters. The molecule has 9 nitrogen and oxygen atoms in total. The van der Waals surface area contributed by atoms with Crippen LogP contribution in [0.4, 0.5) is 24.5 Å². The van der Waals surface area contributed by atoms with Crippen LogP contribution in [0.15, 0.2) is 52.4 Å². The first-order valence-corrected chi connectivity index (χ1v) is 10.00. The second kappa shape index (κ2) is 9.67. The molecule has 2 aromatic rings. The van der Waals surface area contributed by atoms with Gasteiger partial charge in [-0.25, -0.2) is 0 Å². The van der Waals surface area contributed by atoms with Gasteiger partial charge in [-0.2, -0.15) is 23.2 Å². The van der Waals surface area contributed by atoms with E-state index in [1.165, 1.54) is 18.2 Å². The molecule has 1 amide bonds. The number of aliphatic imine (C=N–C) groups is 2. The fourth-order valence-electron chi connectivity index (χ4n) is 3.44. The smallest absolute Gasteiger partial charge is 0.383 e. The minimum atomic E-state index is -4.58. The summed E-state index contributed by atoms with van der Waals surface area (Å²) in [5.74, 6) is -2.06. The fourth-order valence-corrected chi connectivity index (χ4v) is 3.44. The summed E-state index contributed by atoms with van der Waals surface area (Å²) in [5, 5.41) is 11.4. The van der Waals surface area contributed by atoms with E-state index in [-0.39, 0.29) is 11.1 Å². The van der Waals surface area contributed by atoms with Crippen LogP contribution in [-0.4, -0.2) is 35.7 Å². The van der Waals surface area contributed by atoms with E-state index in [1.54, 1.807) is 6.07 Å². The van der Waals surface area contributed by atoms with Crippen molar-refractivity contribution >= 4 is 29.1 Å². The van der Waals surface area contributed by atoms with Crippen LogP contribution in [0.5, 0.6) is 0 Å². The molecule has 0 unspecified atom stereocenters. The number of alkyl halides is 3. The molecule has 3 rings (SSSR count). The van der Waals surface area contributed by atoms with E-state index < -0.39 is 40.1 Å². The Morgan fingerprint density at radius 3 is 2.36 bits per heavy atom. The number of nitro groups is 1. The zero-order valence-electron chi connectivity index (χ0n) is 17.4. The summed E-state index contributed by atoms with van der Waals surface area (Å²) in [5.41, 5.74) is 10.3. The Morgan fingerprint density at radius 2 is 1.73 bits per heavy atom. The lowest BCUT2D eigenvalue weighted by Gasteiger charge is -2.28. The van der Waals surface area contributed by atoms with Gasteiger partial charge in [-0.15, -0.1) is 0 Å². The number of hydrogen-bond donors (Lipinski definition) is 2. The highest BCUT2D eigenvalue weighted by Crippen LogP contribution is 2.30. The van der Waals surface area contributed by atoms with Crippen molar-refractivity contribution in [1.29, 1.82) is 0 Å². The summed E-state index contributed by atoms with van der Waals surface area (Å²) in [6, 6.07) is 8.25. The number of benzene rings is 2. The van der Waals surface area contributed by atoms with Crippen LogP contribution in [0.3, 0.4) is 0 Å². The van der Waals surface area contributed by atoms with E-state index in [1.807, 2.05) is 4.90 Å². The Labute approximate surface area is 186 Å². The number of carbonyl (C=O) groups is 1. The molecule has 1 heterocycles. The summed E-state index contributed by atoms with van der Waals surface area (Å²) < 4.78 is 38.7. The molecule has 1 aliphatic rings. The zero-order chi connectivity index (χ0) is 24.2. The van der Waals surface area contributed by atoms with Crippen LogP contribution in [0.1, 0.15) is 40.7 Å². The van der Waals surface area contributed by atoms with Crippen molar-refractivity contribution in [3.8, 4) is 0 Å². The second-order valence-corrected chi connectivity index (χ2v) is 7.36. The van der Waals surface area contributed by atoms with Crippen molar-refractivity contribution in [1.82, 2.24) is 0 Å². The van der Waals surface area contributed by atoms with Gasteiger partial charge in [0, 0.05) is 30.4 Å². The van der Waals surface area contributed by atoms with Crippen molar-refractivity contribution in [3.05, 3.63) is 69.3 Å². The van der Waals surface area contributed by atoms with Gasteiger partial charge in [-0.1, -0.05) is 12.1 Å². The van der Waals surface area contributed by atoms with Gasteiger partial charge in [0.1, 0.15) is 11.4 Å². The summed E-state index contributed by atoms with van der Waals surface area (Å²) in [4.78, 5) is 32.6. The highest BCUT2D eigenvalue weighted by Gasteiger charge is 2.30. The molecule has 0 spiro atoms. The Kier molecular flexibility index (Phi) is 6.95. The molecule has 33 heavy (non-hydrogen) atoms. The topological polar surface area (TPSA) is 140 Å². The number of piperidine rings is 1. The van der Waals surface area contributed by atoms with Gasteiger partial charge in [-0.3, -0.25) is 14.9 Å².